The summed E-state index contributed by atoms with van der Waals surface area (Å²) in [5, 5.41) is 9.78. The van der Waals surface area contributed by atoms with Crippen LogP contribution >= 0.6 is 0 Å². The molecule has 0 aliphatic carbocycles. The second-order valence-electron chi connectivity index (χ2n) is 5.45. The standard InChI is InChI=1S/C16H17NO5/c1-21-11-6-10(7-15(18)19)17(8-11)16(20)13-9-22-14-5-3-2-4-12(13)14/h2-5,9-11H,6-8H2,1H3,(H,18,19). The van der Waals surface area contributed by atoms with E-state index < -0.39 is 5.97 Å². The SMILES string of the molecule is COC1CC(CC(=O)O)N(C(=O)c2coc3ccccc23)C1. The van der Waals surface area contributed by atoms with Crippen LogP contribution in [0.15, 0.2) is 34.9 Å². The predicted molar refractivity (Wildman–Crippen MR) is 78.7 cm³/mol. The molecular formula is C16H17NO5. The van der Waals surface area contributed by atoms with Crippen LogP contribution in [0.25, 0.3) is 11.0 Å². The number of ether oxygens (including phenoxy) is 1. The fourth-order valence-corrected chi connectivity index (χ4v) is 2.99. The van der Waals surface area contributed by atoms with Crippen molar-refractivity contribution in [1.29, 1.82) is 0 Å². The number of carbonyl (C=O) groups excluding carboxylic acids is 1. The van der Waals surface area contributed by atoms with Crippen LogP contribution in [-0.4, -0.2) is 47.7 Å². The van der Waals surface area contributed by atoms with E-state index in [9.17, 15) is 9.59 Å². The van der Waals surface area contributed by atoms with Gasteiger partial charge >= 0.3 is 5.97 Å². The molecule has 0 saturated carbocycles. The van der Waals surface area contributed by atoms with E-state index in [1.807, 2.05) is 18.2 Å². The van der Waals surface area contributed by atoms with Gasteiger partial charge in [-0.3, -0.25) is 9.59 Å². The highest BCUT2D eigenvalue weighted by Crippen LogP contribution is 2.28. The molecular weight excluding hydrogens is 286 g/mol. The molecule has 1 saturated heterocycles. The molecule has 1 aromatic carbocycles. The molecule has 6 heteroatoms. The second kappa shape index (κ2) is 5.81. The van der Waals surface area contributed by atoms with Crippen molar-refractivity contribution in [2.45, 2.75) is 25.0 Å². The topological polar surface area (TPSA) is 80.0 Å². The predicted octanol–water partition coefficient (Wildman–Crippen LogP) is 2.14. The monoisotopic (exact) mass is 303 g/mol. The third-order valence-electron chi connectivity index (χ3n) is 4.09. The lowest BCUT2D eigenvalue weighted by molar-refractivity contribution is -0.137. The molecule has 116 valence electrons. The second-order valence-corrected chi connectivity index (χ2v) is 5.45. The third kappa shape index (κ3) is 2.57. The number of carboxylic acids is 1. The van der Waals surface area contributed by atoms with E-state index in [-0.39, 0.29) is 24.5 Å². The van der Waals surface area contributed by atoms with Gasteiger partial charge in [-0.15, -0.1) is 0 Å². The highest BCUT2D eigenvalue weighted by molar-refractivity contribution is 6.06. The summed E-state index contributed by atoms with van der Waals surface area (Å²) in [6, 6.07) is 6.93. The first kappa shape index (κ1) is 14.6. The highest BCUT2D eigenvalue weighted by Gasteiger charge is 2.37. The average Bonchev–Trinajstić information content (AvgIpc) is 3.10. The van der Waals surface area contributed by atoms with Gasteiger partial charge in [0.25, 0.3) is 5.91 Å². The molecule has 2 aromatic rings. The molecule has 2 unspecified atom stereocenters. The minimum absolute atomic E-state index is 0.0820. The molecule has 0 spiro atoms. The Morgan fingerprint density at radius 2 is 2.18 bits per heavy atom. The number of carboxylic acid groups (broad SMARTS) is 1. The molecule has 1 aliphatic heterocycles. The van der Waals surface area contributed by atoms with Crippen LogP contribution in [0.2, 0.25) is 0 Å². The molecule has 6 nitrogen and oxygen atoms in total. The Hall–Kier alpha value is -2.34. The lowest BCUT2D eigenvalue weighted by Crippen LogP contribution is -2.37. The first-order valence-electron chi connectivity index (χ1n) is 7.12. The van der Waals surface area contributed by atoms with Crippen LogP contribution in [0.1, 0.15) is 23.2 Å². The molecule has 0 radical (unpaired) electrons. The third-order valence-corrected chi connectivity index (χ3v) is 4.09. The maximum atomic E-state index is 12.8. The molecule has 2 heterocycles. The maximum Gasteiger partial charge on any atom is 0.305 e. The van der Waals surface area contributed by atoms with E-state index in [4.69, 9.17) is 14.3 Å². The number of hydrogen-bond donors (Lipinski definition) is 1. The van der Waals surface area contributed by atoms with Gasteiger partial charge in [0.2, 0.25) is 0 Å². The number of para-hydroxylation sites is 1. The van der Waals surface area contributed by atoms with Crippen molar-refractivity contribution in [2.75, 3.05) is 13.7 Å². The van der Waals surface area contributed by atoms with Crippen molar-refractivity contribution in [3.63, 3.8) is 0 Å². The van der Waals surface area contributed by atoms with Crippen LogP contribution in [0, 0.1) is 0 Å². The van der Waals surface area contributed by atoms with Crippen LogP contribution in [-0.2, 0) is 9.53 Å². The normalized spacial score (nSPS) is 21.4. The number of hydrogen-bond acceptors (Lipinski definition) is 4. The zero-order valence-electron chi connectivity index (χ0n) is 12.2. The molecule has 2 atom stereocenters. The number of carbonyl (C=O) groups is 2. The summed E-state index contributed by atoms with van der Waals surface area (Å²) in [4.78, 5) is 25.4. The Bertz CT molecular complexity index is 707. The maximum absolute atomic E-state index is 12.8. The number of fused-ring (bicyclic) bond motifs is 1. The van der Waals surface area contributed by atoms with Gasteiger partial charge in [-0.05, 0) is 12.5 Å². The smallest absolute Gasteiger partial charge is 0.305 e. The Morgan fingerprint density at radius 3 is 2.91 bits per heavy atom. The van der Waals surface area contributed by atoms with Gasteiger partial charge in [0.15, 0.2) is 0 Å². The number of furan rings is 1. The first-order chi connectivity index (χ1) is 10.6. The number of rotatable bonds is 4. The molecule has 1 N–H and O–H groups in total. The largest absolute Gasteiger partial charge is 0.481 e. The lowest BCUT2D eigenvalue weighted by atomic mass is 10.1. The van der Waals surface area contributed by atoms with Gasteiger partial charge in [-0.1, -0.05) is 18.2 Å². The van der Waals surface area contributed by atoms with Crippen LogP contribution in [0.3, 0.4) is 0 Å². The van der Waals surface area contributed by atoms with Gasteiger partial charge < -0.3 is 19.2 Å². The first-order valence-corrected chi connectivity index (χ1v) is 7.12. The van der Waals surface area contributed by atoms with Crippen molar-refractivity contribution in [1.82, 2.24) is 4.90 Å². The minimum atomic E-state index is -0.920. The van der Waals surface area contributed by atoms with Crippen molar-refractivity contribution in [3.05, 3.63) is 36.1 Å². The number of benzene rings is 1. The number of likely N-dealkylation sites (tertiary alicyclic amines) is 1. The van der Waals surface area contributed by atoms with E-state index in [1.165, 1.54) is 6.26 Å². The van der Waals surface area contributed by atoms with E-state index >= 15 is 0 Å². The van der Waals surface area contributed by atoms with Gasteiger partial charge in [-0.2, -0.15) is 0 Å². The van der Waals surface area contributed by atoms with E-state index in [1.54, 1.807) is 18.1 Å². The van der Waals surface area contributed by atoms with Crippen molar-refractivity contribution >= 4 is 22.8 Å². The lowest BCUT2D eigenvalue weighted by Gasteiger charge is -2.22. The minimum Gasteiger partial charge on any atom is -0.481 e. The van der Waals surface area contributed by atoms with Crippen LogP contribution in [0.5, 0.6) is 0 Å². The summed E-state index contributed by atoms with van der Waals surface area (Å²) in [5.74, 6) is -1.13. The fourth-order valence-electron chi connectivity index (χ4n) is 2.99. The van der Waals surface area contributed by atoms with E-state index in [0.717, 1.165) is 5.39 Å². The average molecular weight is 303 g/mol. The Balaban J connectivity index is 1.90. The summed E-state index contributed by atoms with van der Waals surface area (Å²) in [5.41, 5.74) is 1.10. The zero-order valence-corrected chi connectivity index (χ0v) is 12.2. The van der Waals surface area contributed by atoms with Gasteiger partial charge in [0.05, 0.1) is 18.1 Å². The van der Waals surface area contributed by atoms with Gasteiger partial charge in [0, 0.05) is 25.1 Å². The number of nitrogens with zero attached hydrogens (tertiary/aromatic N) is 1. The Kier molecular flexibility index (Phi) is 3.85. The summed E-state index contributed by atoms with van der Waals surface area (Å²) >= 11 is 0. The van der Waals surface area contributed by atoms with E-state index in [2.05, 4.69) is 0 Å². The van der Waals surface area contributed by atoms with Crippen LogP contribution in [0.4, 0.5) is 0 Å². The molecule has 3 rings (SSSR count). The summed E-state index contributed by atoms with van der Waals surface area (Å²) in [6.45, 7) is 0.396. The highest BCUT2D eigenvalue weighted by atomic mass is 16.5. The molecule has 1 aliphatic rings. The Morgan fingerprint density at radius 1 is 1.41 bits per heavy atom. The van der Waals surface area contributed by atoms with Crippen molar-refractivity contribution in [2.24, 2.45) is 0 Å². The number of aliphatic carboxylic acids is 1. The molecule has 22 heavy (non-hydrogen) atoms. The van der Waals surface area contributed by atoms with Gasteiger partial charge in [-0.25, -0.2) is 0 Å². The summed E-state index contributed by atoms with van der Waals surface area (Å²) in [7, 11) is 1.57. The summed E-state index contributed by atoms with van der Waals surface area (Å²) in [6.07, 6.45) is 1.75. The zero-order chi connectivity index (χ0) is 15.7. The molecule has 1 fully saturated rings. The summed E-state index contributed by atoms with van der Waals surface area (Å²) < 4.78 is 10.7. The quantitative estimate of drug-likeness (QED) is 0.936. The Labute approximate surface area is 127 Å². The van der Waals surface area contributed by atoms with Crippen molar-refractivity contribution < 1.29 is 23.8 Å². The molecule has 1 amide bonds. The van der Waals surface area contributed by atoms with Gasteiger partial charge in [0.1, 0.15) is 11.8 Å². The number of methoxy groups -OCH3 is 1. The fraction of sp³-hybridized carbons (Fsp3) is 0.375. The van der Waals surface area contributed by atoms with E-state index in [0.29, 0.717) is 24.1 Å². The van der Waals surface area contributed by atoms with Crippen molar-refractivity contribution in [3.8, 4) is 0 Å². The molecule has 1 aromatic heterocycles. The van der Waals surface area contributed by atoms with Crippen LogP contribution < -0.4 is 0 Å². The number of amides is 1. The molecule has 0 bridgehead atoms.